The van der Waals surface area contributed by atoms with Gasteiger partial charge < -0.3 is 10.2 Å². The number of aryl methyl sites for hydroxylation is 2. The Morgan fingerprint density at radius 3 is 1.24 bits per heavy atom. The van der Waals surface area contributed by atoms with Crippen LogP contribution < -0.4 is 0 Å². The van der Waals surface area contributed by atoms with Gasteiger partial charge in [-0.1, -0.05) is 65.8 Å². The number of aromatic hydroxyl groups is 2. The summed E-state index contributed by atoms with van der Waals surface area (Å²) in [5, 5.41) is 21.3. The molecule has 0 heterocycles. The minimum Gasteiger partial charge on any atom is -0.507 e. The Balaban J connectivity index is 2.67. The maximum absolute atomic E-state index is 10.7. The van der Waals surface area contributed by atoms with E-state index in [4.69, 9.17) is 0 Å². The average Bonchev–Trinajstić information content (AvgIpc) is 2.44. The summed E-state index contributed by atoms with van der Waals surface area (Å²) in [6.45, 7) is 16.6. The molecule has 0 aliphatic heterocycles. The average molecular weight is 341 g/mol. The van der Waals surface area contributed by atoms with Crippen molar-refractivity contribution in [3.8, 4) is 11.5 Å². The molecule has 0 spiro atoms. The molecular weight excluding hydrogens is 308 g/mol. The fraction of sp³-hybridized carbons (Fsp3) is 0.478. The fourth-order valence-corrected chi connectivity index (χ4v) is 3.65. The lowest BCUT2D eigenvalue weighted by atomic mass is 9.77. The molecule has 0 bridgehead atoms. The maximum Gasteiger partial charge on any atom is 0.122 e. The van der Waals surface area contributed by atoms with Crippen LogP contribution in [-0.4, -0.2) is 10.2 Å². The van der Waals surface area contributed by atoms with Gasteiger partial charge >= 0.3 is 0 Å². The molecule has 2 N–H and O–H groups in total. The third-order valence-electron chi connectivity index (χ3n) is 4.81. The summed E-state index contributed by atoms with van der Waals surface area (Å²) in [6, 6.07) is 8.17. The van der Waals surface area contributed by atoms with Crippen molar-refractivity contribution < 1.29 is 10.2 Å². The molecule has 25 heavy (non-hydrogen) atoms. The Morgan fingerprint density at radius 2 is 0.960 bits per heavy atom. The van der Waals surface area contributed by atoms with Crippen molar-refractivity contribution in [2.45, 2.75) is 72.6 Å². The number of phenolic OH excluding ortho intramolecular Hbond substituents is 2. The molecule has 0 aliphatic carbocycles. The summed E-state index contributed by atoms with van der Waals surface area (Å²) in [7, 11) is 0. The quantitative estimate of drug-likeness (QED) is 0.714. The second kappa shape index (κ2) is 6.40. The van der Waals surface area contributed by atoms with Crippen LogP contribution in [-0.2, 0) is 17.3 Å². The molecule has 0 radical (unpaired) electrons. The van der Waals surface area contributed by atoms with E-state index in [1.54, 1.807) is 0 Å². The van der Waals surface area contributed by atoms with E-state index in [9.17, 15) is 10.2 Å². The SMILES string of the molecule is Cc1ccc(Cc2ccc(C)c(O)c2C(C)(C)C)c(C(C)(C)C)c1O. The van der Waals surface area contributed by atoms with Gasteiger partial charge in [-0.2, -0.15) is 0 Å². The third-order valence-corrected chi connectivity index (χ3v) is 4.81. The van der Waals surface area contributed by atoms with Crippen LogP contribution >= 0.6 is 0 Å². The van der Waals surface area contributed by atoms with Crippen molar-refractivity contribution in [3.63, 3.8) is 0 Å². The highest BCUT2D eigenvalue weighted by Gasteiger charge is 2.27. The highest BCUT2D eigenvalue weighted by molar-refractivity contribution is 5.54. The van der Waals surface area contributed by atoms with Crippen molar-refractivity contribution in [1.82, 2.24) is 0 Å². The van der Waals surface area contributed by atoms with Gasteiger partial charge in [0.2, 0.25) is 0 Å². The molecule has 2 aromatic carbocycles. The first-order valence-corrected chi connectivity index (χ1v) is 8.98. The van der Waals surface area contributed by atoms with Crippen molar-refractivity contribution in [2.75, 3.05) is 0 Å². The van der Waals surface area contributed by atoms with Crippen LogP contribution in [0.4, 0.5) is 0 Å². The molecule has 2 nitrogen and oxygen atoms in total. The molecule has 0 fully saturated rings. The van der Waals surface area contributed by atoms with Crippen LogP contribution in [0, 0.1) is 13.8 Å². The molecule has 0 aliphatic rings. The highest BCUT2D eigenvalue weighted by Crippen LogP contribution is 2.40. The summed E-state index contributed by atoms with van der Waals surface area (Å²) in [5.41, 5.74) is 5.71. The van der Waals surface area contributed by atoms with Gasteiger partial charge in [0.25, 0.3) is 0 Å². The molecule has 2 aromatic rings. The van der Waals surface area contributed by atoms with Gasteiger partial charge in [-0.3, -0.25) is 0 Å². The van der Waals surface area contributed by atoms with Crippen LogP contribution in [0.1, 0.15) is 74.9 Å². The molecule has 2 heteroatoms. The second-order valence-corrected chi connectivity index (χ2v) is 9.21. The second-order valence-electron chi connectivity index (χ2n) is 9.21. The van der Waals surface area contributed by atoms with E-state index in [-0.39, 0.29) is 10.8 Å². The smallest absolute Gasteiger partial charge is 0.122 e. The third kappa shape index (κ3) is 3.84. The Labute approximate surface area is 152 Å². The number of rotatable bonds is 2. The Bertz CT molecular complexity index is 720. The first kappa shape index (κ1) is 19.4. The Hall–Kier alpha value is -1.96. The largest absolute Gasteiger partial charge is 0.507 e. The van der Waals surface area contributed by atoms with E-state index in [1.807, 2.05) is 26.0 Å². The van der Waals surface area contributed by atoms with Crippen LogP contribution in [0.2, 0.25) is 0 Å². The molecule has 0 saturated carbocycles. The molecule has 0 amide bonds. The van der Waals surface area contributed by atoms with Crippen LogP contribution in [0.3, 0.4) is 0 Å². The van der Waals surface area contributed by atoms with Crippen molar-refractivity contribution in [1.29, 1.82) is 0 Å². The first-order chi connectivity index (χ1) is 11.3. The van der Waals surface area contributed by atoms with Crippen LogP contribution in [0.15, 0.2) is 24.3 Å². The zero-order valence-corrected chi connectivity index (χ0v) is 16.9. The summed E-state index contributed by atoms with van der Waals surface area (Å²) in [6.07, 6.45) is 0.695. The molecule has 2 rings (SSSR count). The van der Waals surface area contributed by atoms with Gasteiger partial charge in [0.15, 0.2) is 0 Å². The van der Waals surface area contributed by atoms with E-state index in [0.29, 0.717) is 17.9 Å². The van der Waals surface area contributed by atoms with E-state index in [2.05, 4.69) is 53.7 Å². The summed E-state index contributed by atoms with van der Waals surface area (Å²) in [5.74, 6) is 0.775. The predicted molar refractivity (Wildman–Crippen MR) is 106 cm³/mol. The molecule has 136 valence electrons. The lowest BCUT2D eigenvalue weighted by Gasteiger charge is -2.28. The van der Waals surface area contributed by atoms with Gasteiger partial charge in [-0.25, -0.2) is 0 Å². The topological polar surface area (TPSA) is 40.5 Å². The zero-order valence-electron chi connectivity index (χ0n) is 16.9. The van der Waals surface area contributed by atoms with E-state index in [1.165, 1.54) is 0 Å². The van der Waals surface area contributed by atoms with Crippen molar-refractivity contribution >= 4 is 0 Å². The van der Waals surface area contributed by atoms with Crippen molar-refractivity contribution in [3.05, 3.63) is 57.6 Å². The van der Waals surface area contributed by atoms with Gasteiger partial charge in [0.1, 0.15) is 11.5 Å². The van der Waals surface area contributed by atoms with Gasteiger partial charge in [-0.05, 0) is 53.4 Å². The molecule has 0 unspecified atom stereocenters. The monoisotopic (exact) mass is 340 g/mol. The molecule has 0 atom stereocenters. The standard InChI is InChI=1S/C23H32O2/c1-14-9-11-16(18(20(14)24)22(3,4)5)13-17-12-10-15(2)21(25)19(17)23(6,7)8/h9-12,24-25H,13H2,1-8H3. The van der Waals surface area contributed by atoms with Crippen LogP contribution in [0.25, 0.3) is 0 Å². The Morgan fingerprint density at radius 1 is 0.640 bits per heavy atom. The van der Waals surface area contributed by atoms with E-state index in [0.717, 1.165) is 33.4 Å². The van der Waals surface area contributed by atoms with Gasteiger partial charge in [-0.15, -0.1) is 0 Å². The normalized spacial score (nSPS) is 12.5. The van der Waals surface area contributed by atoms with E-state index < -0.39 is 0 Å². The fourth-order valence-electron chi connectivity index (χ4n) is 3.65. The lowest BCUT2D eigenvalue weighted by molar-refractivity contribution is 0.439. The molecular formula is C23H32O2. The van der Waals surface area contributed by atoms with Gasteiger partial charge in [0.05, 0.1) is 0 Å². The maximum atomic E-state index is 10.7. The van der Waals surface area contributed by atoms with Crippen LogP contribution in [0.5, 0.6) is 11.5 Å². The molecule has 0 saturated heterocycles. The summed E-state index contributed by atoms with van der Waals surface area (Å²) < 4.78 is 0. The number of hydrogen-bond acceptors (Lipinski definition) is 2. The number of benzene rings is 2. The first-order valence-electron chi connectivity index (χ1n) is 8.98. The van der Waals surface area contributed by atoms with Crippen molar-refractivity contribution in [2.24, 2.45) is 0 Å². The lowest BCUT2D eigenvalue weighted by Crippen LogP contribution is -2.18. The minimum atomic E-state index is -0.153. The number of hydrogen-bond donors (Lipinski definition) is 2. The Kier molecular flexibility index (Phi) is 4.96. The van der Waals surface area contributed by atoms with E-state index >= 15 is 0 Å². The zero-order chi connectivity index (χ0) is 19.2. The minimum absolute atomic E-state index is 0.153. The predicted octanol–water partition coefficient (Wildman–Crippen LogP) is 5.90. The number of phenols is 2. The summed E-state index contributed by atoms with van der Waals surface area (Å²) >= 11 is 0. The molecule has 0 aromatic heterocycles. The van der Waals surface area contributed by atoms with Gasteiger partial charge in [0, 0.05) is 11.1 Å². The highest BCUT2D eigenvalue weighted by atomic mass is 16.3. The summed E-state index contributed by atoms with van der Waals surface area (Å²) in [4.78, 5) is 0.